The summed E-state index contributed by atoms with van der Waals surface area (Å²) in [5, 5.41) is 4.93. The van der Waals surface area contributed by atoms with E-state index in [0.717, 1.165) is 5.56 Å². The molecule has 0 atom stereocenters. The number of halogens is 2. The van der Waals surface area contributed by atoms with Gasteiger partial charge in [0, 0.05) is 30.3 Å². The van der Waals surface area contributed by atoms with E-state index >= 15 is 0 Å². The molecule has 0 aliphatic carbocycles. The van der Waals surface area contributed by atoms with E-state index in [-0.39, 0.29) is 12.2 Å². The summed E-state index contributed by atoms with van der Waals surface area (Å²) in [5.41, 5.74) is 1.30. The first-order valence-corrected chi connectivity index (χ1v) is 5.77. The third-order valence-corrected chi connectivity index (χ3v) is 2.92. The molecule has 1 aromatic carbocycles. The molecule has 88 valence electrons. The van der Waals surface area contributed by atoms with Crippen LogP contribution in [0.4, 0.5) is 0 Å². The van der Waals surface area contributed by atoms with Gasteiger partial charge in [0.1, 0.15) is 0 Å². The van der Waals surface area contributed by atoms with Gasteiger partial charge in [-0.3, -0.25) is 9.48 Å². The van der Waals surface area contributed by atoms with E-state index in [4.69, 9.17) is 23.2 Å². The van der Waals surface area contributed by atoms with Crippen LogP contribution in [0.25, 0.3) is 0 Å². The molecule has 3 nitrogen and oxygen atoms in total. The van der Waals surface area contributed by atoms with Gasteiger partial charge in [0.05, 0.1) is 11.2 Å². The Morgan fingerprint density at radius 2 is 2.18 bits per heavy atom. The highest BCUT2D eigenvalue weighted by Gasteiger charge is 2.12. The van der Waals surface area contributed by atoms with Crippen molar-refractivity contribution in [2.45, 2.75) is 6.42 Å². The summed E-state index contributed by atoms with van der Waals surface area (Å²) in [6.45, 7) is 0. The number of carbonyl (C=O) groups excluding carboxylic acids is 1. The predicted molar refractivity (Wildman–Crippen MR) is 67.7 cm³/mol. The number of benzene rings is 1. The maximum atomic E-state index is 12.0. The molecule has 2 rings (SSSR count). The predicted octanol–water partition coefficient (Wildman–Crippen LogP) is 3.15. The second-order valence-electron chi connectivity index (χ2n) is 3.75. The van der Waals surface area contributed by atoms with Gasteiger partial charge in [0.2, 0.25) is 0 Å². The van der Waals surface area contributed by atoms with Crippen LogP contribution in [0.3, 0.4) is 0 Å². The van der Waals surface area contributed by atoms with Crippen LogP contribution in [0, 0.1) is 0 Å². The summed E-state index contributed by atoms with van der Waals surface area (Å²) in [7, 11) is 1.81. The van der Waals surface area contributed by atoms with Crippen molar-refractivity contribution in [3.05, 3.63) is 51.8 Å². The second kappa shape index (κ2) is 4.90. The maximum absolute atomic E-state index is 12.0. The first-order chi connectivity index (χ1) is 8.06. The van der Waals surface area contributed by atoms with E-state index in [2.05, 4.69) is 5.10 Å². The fourth-order valence-electron chi connectivity index (χ4n) is 1.55. The SMILES string of the molecule is Cn1cc(CC(=O)c2cc(Cl)ccc2Cl)cn1. The van der Waals surface area contributed by atoms with Gasteiger partial charge in [-0.25, -0.2) is 0 Å². The number of aryl methyl sites for hydroxylation is 1. The Labute approximate surface area is 109 Å². The number of nitrogens with zero attached hydrogens (tertiary/aromatic N) is 2. The number of aromatic nitrogens is 2. The molecular weight excluding hydrogens is 259 g/mol. The molecule has 0 radical (unpaired) electrons. The summed E-state index contributed by atoms with van der Waals surface area (Å²) < 4.78 is 1.65. The molecule has 0 bridgehead atoms. The molecule has 2 aromatic rings. The molecule has 17 heavy (non-hydrogen) atoms. The van der Waals surface area contributed by atoms with Crippen molar-refractivity contribution < 1.29 is 4.79 Å². The molecule has 0 saturated heterocycles. The van der Waals surface area contributed by atoms with Gasteiger partial charge < -0.3 is 0 Å². The minimum absolute atomic E-state index is 0.0644. The fraction of sp³-hybridized carbons (Fsp3) is 0.167. The molecule has 0 spiro atoms. The largest absolute Gasteiger partial charge is 0.294 e. The number of rotatable bonds is 3. The Morgan fingerprint density at radius 1 is 1.41 bits per heavy atom. The van der Waals surface area contributed by atoms with Gasteiger partial charge in [-0.05, 0) is 23.8 Å². The van der Waals surface area contributed by atoms with E-state index in [1.165, 1.54) is 0 Å². The number of carbonyl (C=O) groups is 1. The minimum atomic E-state index is -0.0644. The van der Waals surface area contributed by atoms with E-state index in [9.17, 15) is 4.79 Å². The summed E-state index contributed by atoms with van der Waals surface area (Å²) in [6, 6.07) is 4.87. The molecule has 0 unspecified atom stereocenters. The Hall–Kier alpha value is -1.32. The van der Waals surface area contributed by atoms with Crippen LogP contribution in [0.15, 0.2) is 30.6 Å². The van der Waals surface area contributed by atoms with Gasteiger partial charge >= 0.3 is 0 Å². The molecule has 0 N–H and O–H groups in total. The Morgan fingerprint density at radius 3 is 2.82 bits per heavy atom. The quantitative estimate of drug-likeness (QED) is 0.802. The van der Waals surface area contributed by atoms with E-state index in [1.807, 2.05) is 0 Å². The highest BCUT2D eigenvalue weighted by Crippen LogP contribution is 2.22. The Balaban J connectivity index is 2.22. The van der Waals surface area contributed by atoms with Crippen LogP contribution in [0.5, 0.6) is 0 Å². The number of Topliss-reactive ketones (excluding diaryl/α,β-unsaturated/α-hetero) is 1. The van der Waals surface area contributed by atoms with Gasteiger partial charge in [-0.1, -0.05) is 23.2 Å². The monoisotopic (exact) mass is 268 g/mol. The molecule has 0 amide bonds. The van der Waals surface area contributed by atoms with Crippen molar-refractivity contribution in [2.24, 2.45) is 7.05 Å². The highest BCUT2D eigenvalue weighted by molar-refractivity contribution is 6.35. The molecule has 0 aliphatic rings. The van der Waals surface area contributed by atoms with Gasteiger partial charge in [-0.2, -0.15) is 5.10 Å². The van der Waals surface area contributed by atoms with Gasteiger partial charge in [0.25, 0.3) is 0 Å². The average Bonchev–Trinajstić information content (AvgIpc) is 2.67. The van der Waals surface area contributed by atoms with Crippen molar-refractivity contribution in [3.63, 3.8) is 0 Å². The molecule has 0 aliphatic heterocycles. The molecule has 0 fully saturated rings. The first-order valence-electron chi connectivity index (χ1n) is 5.02. The molecule has 1 aromatic heterocycles. The lowest BCUT2D eigenvalue weighted by atomic mass is 10.1. The number of hydrogen-bond acceptors (Lipinski definition) is 2. The zero-order valence-corrected chi connectivity index (χ0v) is 10.7. The first kappa shape index (κ1) is 12.1. The lowest BCUT2D eigenvalue weighted by Gasteiger charge is -2.02. The van der Waals surface area contributed by atoms with Crippen molar-refractivity contribution in [3.8, 4) is 0 Å². The van der Waals surface area contributed by atoms with E-state index in [1.54, 1.807) is 42.3 Å². The Bertz CT molecular complexity index is 563. The van der Waals surface area contributed by atoms with Crippen LogP contribution in [0.2, 0.25) is 10.0 Å². The summed E-state index contributed by atoms with van der Waals surface area (Å²) in [4.78, 5) is 12.0. The normalized spacial score (nSPS) is 10.5. The smallest absolute Gasteiger partial charge is 0.168 e. The highest BCUT2D eigenvalue weighted by atomic mass is 35.5. The molecule has 1 heterocycles. The summed E-state index contributed by atoms with van der Waals surface area (Å²) >= 11 is 11.8. The van der Waals surface area contributed by atoms with Crippen molar-refractivity contribution in [1.82, 2.24) is 9.78 Å². The zero-order chi connectivity index (χ0) is 12.4. The van der Waals surface area contributed by atoms with E-state index < -0.39 is 0 Å². The van der Waals surface area contributed by atoms with Crippen LogP contribution in [-0.4, -0.2) is 15.6 Å². The van der Waals surface area contributed by atoms with Crippen LogP contribution in [-0.2, 0) is 13.5 Å². The lowest BCUT2D eigenvalue weighted by molar-refractivity contribution is 0.0993. The van der Waals surface area contributed by atoms with Crippen molar-refractivity contribution in [1.29, 1.82) is 0 Å². The molecular formula is C12H10Cl2N2O. The van der Waals surface area contributed by atoms with Crippen LogP contribution < -0.4 is 0 Å². The maximum Gasteiger partial charge on any atom is 0.168 e. The van der Waals surface area contributed by atoms with Gasteiger partial charge in [-0.15, -0.1) is 0 Å². The topological polar surface area (TPSA) is 34.9 Å². The average molecular weight is 269 g/mol. The summed E-state index contributed by atoms with van der Waals surface area (Å²) in [6.07, 6.45) is 3.74. The van der Waals surface area contributed by atoms with Crippen molar-refractivity contribution >= 4 is 29.0 Å². The standard InChI is InChI=1S/C12H10Cl2N2O/c1-16-7-8(6-15-16)4-12(17)10-5-9(13)2-3-11(10)14/h2-3,5-7H,4H2,1H3. The second-order valence-corrected chi connectivity index (χ2v) is 4.59. The third-order valence-electron chi connectivity index (χ3n) is 2.35. The van der Waals surface area contributed by atoms with Crippen molar-refractivity contribution in [2.75, 3.05) is 0 Å². The third kappa shape index (κ3) is 2.87. The Kier molecular flexibility index (Phi) is 3.50. The van der Waals surface area contributed by atoms with E-state index in [0.29, 0.717) is 15.6 Å². The molecule has 5 heteroatoms. The fourth-order valence-corrected chi connectivity index (χ4v) is 1.95. The number of hydrogen-bond donors (Lipinski definition) is 0. The molecule has 0 saturated carbocycles. The van der Waals surface area contributed by atoms with Crippen LogP contribution >= 0.6 is 23.2 Å². The lowest BCUT2D eigenvalue weighted by Crippen LogP contribution is -2.03. The summed E-state index contributed by atoms with van der Waals surface area (Å²) in [5.74, 6) is -0.0644. The van der Waals surface area contributed by atoms with Gasteiger partial charge in [0.15, 0.2) is 5.78 Å². The van der Waals surface area contributed by atoms with Crippen LogP contribution in [0.1, 0.15) is 15.9 Å². The zero-order valence-electron chi connectivity index (χ0n) is 9.15. The minimum Gasteiger partial charge on any atom is -0.294 e. The number of ketones is 1.